The fourth-order valence-corrected chi connectivity index (χ4v) is 3.04. The first-order valence-corrected chi connectivity index (χ1v) is 8.97. The van der Waals surface area contributed by atoms with Gasteiger partial charge in [0.15, 0.2) is 5.82 Å². The molecule has 8 nitrogen and oxygen atoms in total. The van der Waals surface area contributed by atoms with Crippen LogP contribution in [0.2, 0.25) is 0 Å². The van der Waals surface area contributed by atoms with Crippen LogP contribution in [0.5, 0.6) is 0 Å². The van der Waals surface area contributed by atoms with E-state index < -0.39 is 0 Å². The number of H-pyrrole nitrogens is 1. The monoisotopic (exact) mass is 381 g/mol. The number of amides is 1. The zero-order valence-electron chi connectivity index (χ0n) is 15.5. The van der Waals surface area contributed by atoms with E-state index in [1.165, 1.54) is 24.3 Å². The second kappa shape index (κ2) is 7.26. The minimum atomic E-state index is -0.385. The minimum absolute atomic E-state index is 0.235. The normalized spacial score (nSPS) is 12.9. The standard InChI is InChI=1S/C19H20FN7O/c1-11(2)22-19-21-8-7-16(23-19)27-9-14-15(10-27)25-26-17(14)24-18(28)12-3-5-13(20)6-4-12/h3-8,11H,9-10H2,1-2H3,(H,21,22,23)(H2,24,25,26,28). The first-order valence-electron chi connectivity index (χ1n) is 8.97. The molecule has 28 heavy (non-hydrogen) atoms. The lowest BCUT2D eigenvalue weighted by atomic mass is 10.2. The second-order valence-corrected chi connectivity index (χ2v) is 6.88. The number of aromatic amines is 1. The van der Waals surface area contributed by atoms with E-state index in [0.29, 0.717) is 30.4 Å². The van der Waals surface area contributed by atoms with Crippen molar-refractivity contribution < 1.29 is 9.18 Å². The number of fused-ring (bicyclic) bond motifs is 1. The van der Waals surface area contributed by atoms with Gasteiger partial charge in [0.05, 0.1) is 18.8 Å². The molecule has 0 spiro atoms. The van der Waals surface area contributed by atoms with Gasteiger partial charge in [-0.15, -0.1) is 0 Å². The highest BCUT2D eigenvalue weighted by Crippen LogP contribution is 2.30. The number of carbonyl (C=O) groups excluding carboxylic acids is 1. The maximum absolute atomic E-state index is 13.0. The van der Waals surface area contributed by atoms with Gasteiger partial charge in [0.25, 0.3) is 5.91 Å². The van der Waals surface area contributed by atoms with Gasteiger partial charge in [0.1, 0.15) is 11.6 Å². The molecule has 2 aromatic heterocycles. The van der Waals surface area contributed by atoms with E-state index in [0.717, 1.165) is 17.1 Å². The maximum Gasteiger partial charge on any atom is 0.256 e. The summed E-state index contributed by atoms with van der Waals surface area (Å²) in [5, 5.41) is 13.2. The van der Waals surface area contributed by atoms with Crippen molar-refractivity contribution in [2.24, 2.45) is 0 Å². The molecule has 1 aliphatic heterocycles. The fourth-order valence-electron chi connectivity index (χ4n) is 3.04. The van der Waals surface area contributed by atoms with E-state index in [4.69, 9.17) is 0 Å². The number of hydrogen-bond donors (Lipinski definition) is 3. The summed E-state index contributed by atoms with van der Waals surface area (Å²) < 4.78 is 13.0. The Hall–Kier alpha value is -3.49. The summed E-state index contributed by atoms with van der Waals surface area (Å²) in [6.07, 6.45) is 1.72. The van der Waals surface area contributed by atoms with E-state index in [9.17, 15) is 9.18 Å². The molecule has 1 amide bonds. The molecule has 0 saturated carbocycles. The third kappa shape index (κ3) is 3.64. The molecule has 0 atom stereocenters. The Morgan fingerprint density at radius 1 is 1.21 bits per heavy atom. The van der Waals surface area contributed by atoms with Crippen LogP contribution in [0.1, 0.15) is 35.5 Å². The summed E-state index contributed by atoms with van der Waals surface area (Å²) in [6, 6.07) is 7.47. The van der Waals surface area contributed by atoms with Crippen LogP contribution in [0.3, 0.4) is 0 Å². The summed E-state index contributed by atoms with van der Waals surface area (Å²) in [7, 11) is 0. The smallest absolute Gasteiger partial charge is 0.256 e. The largest absolute Gasteiger partial charge is 0.352 e. The molecule has 3 heterocycles. The number of hydrogen-bond acceptors (Lipinski definition) is 6. The van der Waals surface area contributed by atoms with Gasteiger partial charge in [-0.3, -0.25) is 9.89 Å². The Labute approximate surface area is 161 Å². The van der Waals surface area contributed by atoms with Crippen LogP contribution in [-0.4, -0.2) is 32.1 Å². The SMILES string of the molecule is CC(C)Nc1nccc(N2Cc3[nH]nc(NC(=O)c4ccc(F)cc4)c3C2)n1. The molecule has 9 heteroatoms. The average Bonchev–Trinajstić information content (AvgIpc) is 3.24. The molecule has 3 aromatic rings. The van der Waals surface area contributed by atoms with Gasteiger partial charge >= 0.3 is 0 Å². The van der Waals surface area contributed by atoms with Gasteiger partial charge in [0.2, 0.25) is 5.95 Å². The van der Waals surface area contributed by atoms with Crippen molar-refractivity contribution >= 4 is 23.5 Å². The van der Waals surface area contributed by atoms with Crippen molar-refractivity contribution in [3.8, 4) is 0 Å². The third-order valence-electron chi connectivity index (χ3n) is 4.37. The van der Waals surface area contributed by atoms with Gasteiger partial charge in [-0.1, -0.05) is 0 Å². The number of carbonyl (C=O) groups is 1. The molecular formula is C19H20FN7O. The quantitative estimate of drug-likeness (QED) is 0.629. The van der Waals surface area contributed by atoms with E-state index in [1.54, 1.807) is 6.20 Å². The number of rotatable bonds is 5. The molecule has 0 radical (unpaired) electrons. The third-order valence-corrected chi connectivity index (χ3v) is 4.37. The van der Waals surface area contributed by atoms with Crippen LogP contribution in [0.25, 0.3) is 0 Å². The first-order chi connectivity index (χ1) is 13.5. The van der Waals surface area contributed by atoms with Crippen molar-refractivity contribution in [3.05, 3.63) is 59.2 Å². The lowest BCUT2D eigenvalue weighted by molar-refractivity contribution is 0.102. The van der Waals surface area contributed by atoms with E-state index >= 15 is 0 Å². The van der Waals surface area contributed by atoms with Gasteiger partial charge in [-0.25, -0.2) is 9.37 Å². The lowest BCUT2D eigenvalue weighted by Crippen LogP contribution is -2.20. The molecule has 0 fully saturated rings. The molecule has 4 rings (SSSR count). The molecule has 1 aliphatic rings. The Morgan fingerprint density at radius 3 is 2.75 bits per heavy atom. The molecular weight excluding hydrogens is 361 g/mol. The zero-order chi connectivity index (χ0) is 19.7. The number of nitrogens with one attached hydrogen (secondary N) is 3. The van der Waals surface area contributed by atoms with Gasteiger partial charge in [-0.2, -0.15) is 10.1 Å². The predicted molar refractivity (Wildman–Crippen MR) is 104 cm³/mol. The molecule has 0 bridgehead atoms. The zero-order valence-corrected chi connectivity index (χ0v) is 15.5. The highest BCUT2D eigenvalue weighted by atomic mass is 19.1. The lowest BCUT2D eigenvalue weighted by Gasteiger charge is -2.18. The fraction of sp³-hybridized carbons (Fsp3) is 0.263. The predicted octanol–water partition coefficient (Wildman–Crippen LogP) is 2.93. The van der Waals surface area contributed by atoms with Crippen LogP contribution in [0.15, 0.2) is 36.5 Å². The van der Waals surface area contributed by atoms with Crippen molar-refractivity contribution in [2.75, 3.05) is 15.5 Å². The summed E-state index contributed by atoms with van der Waals surface area (Å²) in [6.45, 7) is 5.22. The van der Waals surface area contributed by atoms with Crippen LogP contribution in [0.4, 0.5) is 22.0 Å². The van der Waals surface area contributed by atoms with Crippen molar-refractivity contribution in [3.63, 3.8) is 0 Å². The highest BCUT2D eigenvalue weighted by molar-refractivity contribution is 6.04. The summed E-state index contributed by atoms with van der Waals surface area (Å²) in [4.78, 5) is 23.2. The number of benzene rings is 1. The average molecular weight is 381 g/mol. The summed E-state index contributed by atoms with van der Waals surface area (Å²) >= 11 is 0. The van der Waals surface area contributed by atoms with Crippen LogP contribution in [0, 0.1) is 5.82 Å². The van der Waals surface area contributed by atoms with Crippen molar-refractivity contribution in [2.45, 2.75) is 33.0 Å². The number of aromatic nitrogens is 4. The number of nitrogens with zero attached hydrogens (tertiary/aromatic N) is 4. The van der Waals surface area contributed by atoms with E-state index in [2.05, 4.69) is 35.7 Å². The van der Waals surface area contributed by atoms with Gasteiger partial charge in [-0.05, 0) is 44.2 Å². The number of halogens is 1. The molecule has 0 saturated heterocycles. The van der Waals surface area contributed by atoms with E-state index in [-0.39, 0.29) is 17.8 Å². The molecule has 0 aliphatic carbocycles. The van der Waals surface area contributed by atoms with Crippen LogP contribution < -0.4 is 15.5 Å². The van der Waals surface area contributed by atoms with E-state index in [1.807, 2.05) is 19.9 Å². The maximum atomic E-state index is 13.0. The second-order valence-electron chi connectivity index (χ2n) is 6.88. The van der Waals surface area contributed by atoms with Gasteiger partial charge < -0.3 is 15.5 Å². The Morgan fingerprint density at radius 2 is 2.00 bits per heavy atom. The van der Waals surface area contributed by atoms with Crippen LogP contribution >= 0.6 is 0 Å². The topological polar surface area (TPSA) is 98.8 Å². The number of anilines is 3. The minimum Gasteiger partial charge on any atom is -0.352 e. The Bertz CT molecular complexity index is 1000. The summed E-state index contributed by atoms with van der Waals surface area (Å²) in [5.41, 5.74) is 2.20. The Kier molecular flexibility index (Phi) is 4.64. The molecule has 1 aromatic carbocycles. The van der Waals surface area contributed by atoms with Crippen LogP contribution in [-0.2, 0) is 13.1 Å². The molecule has 0 unspecified atom stereocenters. The first kappa shape index (κ1) is 17.9. The Balaban J connectivity index is 1.49. The van der Waals surface area contributed by atoms with Crippen molar-refractivity contribution in [1.29, 1.82) is 0 Å². The molecule has 144 valence electrons. The van der Waals surface area contributed by atoms with Gasteiger partial charge in [0, 0.05) is 23.4 Å². The highest BCUT2D eigenvalue weighted by Gasteiger charge is 2.27. The van der Waals surface area contributed by atoms with Crippen molar-refractivity contribution in [1.82, 2.24) is 20.2 Å². The summed E-state index contributed by atoms with van der Waals surface area (Å²) in [5.74, 6) is 1.12. The molecule has 3 N–H and O–H groups in total.